The van der Waals surface area contributed by atoms with E-state index in [4.69, 9.17) is 0 Å². The van der Waals surface area contributed by atoms with Crippen molar-refractivity contribution in [3.05, 3.63) is 95.1 Å². The molecule has 0 unspecified atom stereocenters. The number of rotatable bonds is 5. The van der Waals surface area contributed by atoms with Gasteiger partial charge in [-0.2, -0.15) is 0 Å². The Morgan fingerprint density at radius 3 is 2.13 bits per heavy atom. The van der Waals surface area contributed by atoms with Gasteiger partial charge in [-0.1, -0.05) is 76.2 Å². The predicted octanol–water partition coefficient (Wildman–Crippen LogP) is 7.09. The lowest BCUT2D eigenvalue weighted by Gasteiger charge is -2.38. The van der Waals surface area contributed by atoms with Crippen LogP contribution in [0, 0.1) is 0 Å². The van der Waals surface area contributed by atoms with Crippen LogP contribution in [0.4, 0.5) is 11.4 Å². The van der Waals surface area contributed by atoms with Gasteiger partial charge in [-0.3, -0.25) is 9.69 Å². The maximum absolute atomic E-state index is 13.5. The smallest absolute Gasteiger partial charge is 0.262 e. The minimum absolute atomic E-state index is 0.0265. The summed E-state index contributed by atoms with van der Waals surface area (Å²) < 4.78 is 0. The fourth-order valence-electron chi connectivity index (χ4n) is 4.02. The van der Waals surface area contributed by atoms with E-state index in [1.807, 2.05) is 29.2 Å². The Bertz CT molecular complexity index is 1020. The molecule has 154 valence electrons. The lowest BCUT2D eigenvalue weighted by atomic mass is 9.96. The van der Waals surface area contributed by atoms with E-state index in [1.165, 1.54) is 11.1 Å². The number of carbonyl (C=O) groups is 1. The highest BCUT2D eigenvalue weighted by molar-refractivity contribution is 6.12. The van der Waals surface area contributed by atoms with E-state index in [1.54, 1.807) is 0 Å². The quantitative estimate of drug-likeness (QED) is 0.497. The number of nitrogens with one attached hydrogen (secondary N) is 1. The molecule has 0 saturated heterocycles. The molecule has 0 bridgehead atoms. The molecule has 3 aromatic rings. The maximum atomic E-state index is 13.5. The number of hydrogen-bond donors (Lipinski definition) is 1. The van der Waals surface area contributed by atoms with Gasteiger partial charge in [0.1, 0.15) is 6.17 Å². The van der Waals surface area contributed by atoms with Crippen LogP contribution in [-0.4, -0.2) is 5.91 Å². The molecular weight excluding hydrogens is 368 g/mol. The van der Waals surface area contributed by atoms with Gasteiger partial charge in [0.05, 0.1) is 5.56 Å². The number of nitrogens with zero attached hydrogens (tertiary/aromatic N) is 1. The Balaban J connectivity index is 1.76. The van der Waals surface area contributed by atoms with Crippen LogP contribution < -0.4 is 10.2 Å². The van der Waals surface area contributed by atoms with Crippen LogP contribution in [0.3, 0.4) is 0 Å². The number of benzene rings is 3. The predicted molar refractivity (Wildman–Crippen MR) is 125 cm³/mol. The number of hydrogen-bond acceptors (Lipinski definition) is 2. The monoisotopic (exact) mass is 398 g/mol. The highest BCUT2D eigenvalue weighted by Crippen LogP contribution is 2.37. The van der Waals surface area contributed by atoms with Crippen LogP contribution in [-0.2, 0) is 0 Å². The number of anilines is 2. The molecule has 1 amide bonds. The molecular formula is C27H30N2O. The second-order valence-electron chi connectivity index (χ2n) is 8.49. The van der Waals surface area contributed by atoms with Gasteiger partial charge in [0, 0.05) is 11.4 Å². The SMILES string of the molecule is CC[C@H](C)c1ccc(N2C(=O)c3ccccc3N[C@H]2c2ccc(C(C)C)cc2)cc1. The van der Waals surface area contributed by atoms with Gasteiger partial charge in [0.2, 0.25) is 0 Å². The van der Waals surface area contributed by atoms with Crippen LogP contribution in [0.2, 0.25) is 0 Å². The summed E-state index contributed by atoms with van der Waals surface area (Å²) >= 11 is 0. The van der Waals surface area contributed by atoms with Crippen LogP contribution >= 0.6 is 0 Å². The van der Waals surface area contributed by atoms with Gasteiger partial charge in [-0.05, 0) is 59.2 Å². The number of carbonyl (C=O) groups excluding carboxylic acids is 1. The molecule has 1 heterocycles. The van der Waals surface area contributed by atoms with Gasteiger partial charge >= 0.3 is 0 Å². The summed E-state index contributed by atoms with van der Waals surface area (Å²) in [6.45, 7) is 8.82. The first-order chi connectivity index (χ1) is 14.5. The third-order valence-corrected chi connectivity index (χ3v) is 6.20. The van der Waals surface area contributed by atoms with E-state index in [9.17, 15) is 4.79 Å². The van der Waals surface area contributed by atoms with Crippen molar-refractivity contribution in [1.29, 1.82) is 0 Å². The zero-order valence-corrected chi connectivity index (χ0v) is 18.2. The lowest BCUT2D eigenvalue weighted by Crippen LogP contribution is -2.43. The molecule has 0 saturated carbocycles. The minimum Gasteiger partial charge on any atom is -0.360 e. The summed E-state index contributed by atoms with van der Waals surface area (Å²) in [5, 5.41) is 3.59. The molecule has 1 N–H and O–H groups in total. The Morgan fingerprint density at radius 2 is 1.50 bits per heavy atom. The number of para-hydroxylation sites is 1. The average molecular weight is 399 g/mol. The van der Waals surface area contributed by atoms with Crippen molar-refractivity contribution >= 4 is 17.3 Å². The van der Waals surface area contributed by atoms with Crippen LogP contribution in [0.25, 0.3) is 0 Å². The molecule has 3 aromatic carbocycles. The highest BCUT2D eigenvalue weighted by Gasteiger charge is 2.34. The zero-order valence-electron chi connectivity index (χ0n) is 18.2. The Kier molecular flexibility index (Phi) is 5.63. The standard InChI is InChI=1S/C27H30N2O/c1-5-19(4)21-14-16-23(17-15-21)29-26(22-12-10-20(11-13-22)18(2)3)28-25-9-7-6-8-24(25)27(29)30/h6-19,26,28H,5H2,1-4H3/t19-,26+/m0/s1. The molecule has 3 heteroatoms. The molecule has 1 aliphatic rings. The number of amides is 1. The molecule has 0 aromatic heterocycles. The van der Waals surface area contributed by atoms with Crippen LogP contribution in [0.5, 0.6) is 0 Å². The van der Waals surface area contributed by atoms with E-state index >= 15 is 0 Å². The molecule has 0 fully saturated rings. The van der Waals surface area contributed by atoms with Crippen LogP contribution in [0.15, 0.2) is 72.8 Å². The maximum Gasteiger partial charge on any atom is 0.262 e. The molecule has 3 nitrogen and oxygen atoms in total. The first-order valence-electron chi connectivity index (χ1n) is 10.9. The Hall–Kier alpha value is -3.07. The van der Waals surface area contributed by atoms with Crippen molar-refractivity contribution < 1.29 is 4.79 Å². The molecule has 0 spiro atoms. The Morgan fingerprint density at radius 1 is 0.867 bits per heavy atom. The van der Waals surface area contributed by atoms with Crippen molar-refractivity contribution in [1.82, 2.24) is 0 Å². The van der Waals surface area contributed by atoms with Gasteiger partial charge in [-0.25, -0.2) is 0 Å². The van der Waals surface area contributed by atoms with Crippen molar-refractivity contribution in [2.75, 3.05) is 10.2 Å². The van der Waals surface area contributed by atoms with Crippen molar-refractivity contribution in [2.45, 2.75) is 52.1 Å². The van der Waals surface area contributed by atoms with Crippen molar-refractivity contribution in [3.63, 3.8) is 0 Å². The fourth-order valence-corrected chi connectivity index (χ4v) is 4.02. The highest BCUT2D eigenvalue weighted by atomic mass is 16.2. The summed E-state index contributed by atoms with van der Waals surface area (Å²) in [7, 11) is 0. The summed E-state index contributed by atoms with van der Waals surface area (Å²) in [6.07, 6.45) is 0.852. The lowest BCUT2D eigenvalue weighted by molar-refractivity contribution is 0.0975. The summed E-state index contributed by atoms with van der Waals surface area (Å²) in [5.74, 6) is 1.01. The van der Waals surface area contributed by atoms with Crippen molar-refractivity contribution in [2.24, 2.45) is 0 Å². The number of fused-ring (bicyclic) bond motifs is 1. The van der Waals surface area contributed by atoms with Crippen molar-refractivity contribution in [3.8, 4) is 0 Å². The second kappa shape index (κ2) is 8.35. The topological polar surface area (TPSA) is 32.3 Å². The summed E-state index contributed by atoms with van der Waals surface area (Å²) in [5.41, 5.74) is 6.18. The van der Waals surface area contributed by atoms with Gasteiger partial charge in [-0.15, -0.1) is 0 Å². The first-order valence-corrected chi connectivity index (χ1v) is 10.9. The van der Waals surface area contributed by atoms with Gasteiger partial charge in [0.25, 0.3) is 5.91 Å². The second-order valence-corrected chi connectivity index (χ2v) is 8.49. The van der Waals surface area contributed by atoms with Gasteiger partial charge in [0.15, 0.2) is 0 Å². The molecule has 1 aliphatic heterocycles. The summed E-state index contributed by atoms with van der Waals surface area (Å²) in [6, 6.07) is 24.8. The van der Waals surface area contributed by atoms with E-state index in [-0.39, 0.29) is 12.1 Å². The zero-order chi connectivity index (χ0) is 21.3. The first kappa shape index (κ1) is 20.2. The van der Waals surface area contributed by atoms with Gasteiger partial charge < -0.3 is 5.32 Å². The van der Waals surface area contributed by atoms with Crippen LogP contribution in [0.1, 0.15) is 79.2 Å². The largest absolute Gasteiger partial charge is 0.360 e. The Labute approximate surface area is 179 Å². The van der Waals surface area contributed by atoms with E-state index in [2.05, 4.69) is 81.5 Å². The summed E-state index contributed by atoms with van der Waals surface area (Å²) in [4.78, 5) is 15.4. The minimum atomic E-state index is -0.247. The molecule has 4 rings (SSSR count). The third-order valence-electron chi connectivity index (χ3n) is 6.20. The molecule has 0 radical (unpaired) electrons. The van der Waals surface area contributed by atoms with E-state index < -0.39 is 0 Å². The van der Waals surface area contributed by atoms with E-state index in [0.29, 0.717) is 17.4 Å². The average Bonchev–Trinajstić information content (AvgIpc) is 2.78. The van der Waals surface area contributed by atoms with E-state index in [0.717, 1.165) is 23.4 Å². The fraction of sp³-hybridized carbons (Fsp3) is 0.296. The molecule has 0 aliphatic carbocycles. The molecule has 2 atom stereocenters. The molecule has 30 heavy (non-hydrogen) atoms. The normalized spacial score (nSPS) is 16.9. The third kappa shape index (κ3) is 3.72.